The SMILES string of the molecule is CCOc1cc(Cn2c(=O)c3cc(OC(CF)CF)c(F)cc3n(C3CCN(C=O)CC3)c2=O)cc(Cl)c1OCc1ccccc1. The van der Waals surface area contributed by atoms with Crippen molar-refractivity contribution in [1.82, 2.24) is 14.0 Å². The van der Waals surface area contributed by atoms with Crippen molar-refractivity contribution >= 4 is 28.9 Å². The summed E-state index contributed by atoms with van der Waals surface area (Å²) in [7, 11) is 0. The molecule has 0 atom stereocenters. The molecule has 1 fully saturated rings. The van der Waals surface area contributed by atoms with E-state index < -0.39 is 48.3 Å². The molecule has 1 saturated heterocycles. The van der Waals surface area contributed by atoms with Crippen molar-refractivity contribution in [2.45, 2.75) is 45.1 Å². The third-order valence-electron chi connectivity index (χ3n) is 7.81. The Kier molecular flexibility index (Phi) is 10.6. The third kappa shape index (κ3) is 7.01. The smallest absolute Gasteiger partial charge is 0.332 e. The van der Waals surface area contributed by atoms with E-state index in [0.717, 1.165) is 28.7 Å². The van der Waals surface area contributed by atoms with Gasteiger partial charge >= 0.3 is 5.69 Å². The van der Waals surface area contributed by atoms with Crippen LogP contribution in [0, 0.1) is 5.82 Å². The Hall–Kier alpha value is -4.45. The van der Waals surface area contributed by atoms with Gasteiger partial charge in [0.05, 0.1) is 29.1 Å². The lowest BCUT2D eigenvalue weighted by Crippen LogP contribution is -2.44. The molecule has 1 aliphatic rings. The Labute approximate surface area is 267 Å². The van der Waals surface area contributed by atoms with Crippen LogP contribution in [0.25, 0.3) is 10.9 Å². The number of piperidine rings is 1. The van der Waals surface area contributed by atoms with Crippen molar-refractivity contribution < 1.29 is 32.2 Å². The zero-order valence-electron chi connectivity index (χ0n) is 25.1. The second-order valence-electron chi connectivity index (χ2n) is 10.9. The molecule has 0 N–H and O–H groups in total. The number of rotatable bonds is 13. The number of fused-ring (bicyclic) bond motifs is 1. The van der Waals surface area contributed by atoms with Crippen LogP contribution in [0.15, 0.2) is 64.2 Å². The first-order valence-electron chi connectivity index (χ1n) is 14.9. The second kappa shape index (κ2) is 14.8. The van der Waals surface area contributed by atoms with Gasteiger partial charge in [0, 0.05) is 25.2 Å². The predicted molar refractivity (Wildman–Crippen MR) is 167 cm³/mol. The normalized spacial score (nSPS) is 13.7. The highest BCUT2D eigenvalue weighted by Crippen LogP contribution is 2.37. The molecule has 0 bridgehead atoms. The first kappa shape index (κ1) is 32.9. The molecule has 1 amide bonds. The molecule has 13 heteroatoms. The number of carbonyl (C=O) groups excluding carboxylic acids is 1. The van der Waals surface area contributed by atoms with E-state index in [0.29, 0.717) is 43.0 Å². The number of amides is 1. The molecule has 2 heterocycles. The highest BCUT2D eigenvalue weighted by Gasteiger charge is 2.26. The van der Waals surface area contributed by atoms with E-state index in [-0.39, 0.29) is 35.7 Å². The number of alkyl halides is 2. The number of hydrogen-bond acceptors (Lipinski definition) is 6. The van der Waals surface area contributed by atoms with Gasteiger partial charge in [-0.3, -0.25) is 18.7 Å². The summed E-state index contributed by atoms with van der Waals surface area (Å²) in [6.45, 7) is 0.377. The van der Waals surface area contributed by atoms with E-state index in [1.807, 2.05) is 30.3 Å². The summed E-state index contributed by atoms with van der Waals surface area (Å²) in [6.07, 6.45) is -0.0774. The number of likely N-dealkylation sites (tertiary alicyclic amines) is 1. The number of carbonyl (C=O) groups is 1. The van der Waals surface area contributed by atoms with E-state index in [1.165, 1.54) is 4.57 Å². The van der Waals surface area contributed by atoms with Crippen molar-refractivity contribution in [2.75, 3.05) is 33.0 Å². The monoisotopic (exact) mass is 659 g/mol. The number of halogens is 4. The van der Waals surface area contributed by atoms with Crippen LogP contribution in [0.1, 0.15) is 36.9 Å². The topological polar surface area (TPSA) is 92.0 Å². The number of benzene rings is 3. The first-order chi connectivity index (χ1) is 22.3. The van der Waals surface area contributed by atoms with Crippen molar-refractivity contribution in [2.24, 2.45) is 0 Å². The lowest BCUT2D eigenvalue weighted by atomic mass is 10.0. The fourth-order valence-electron chi connectivity index (χ4n) is 5.52. The molecule has 9 nitrogen and oxygen atoms in total. The average molecular weight is 660 g/mol. The Morgan fingerprint density at radius 3 is 2.35 bits per heavy atom. The van der Waals surface area contributed by atoms with Crippen molar-refractivity contribution in [3.8, 4) is 17.2 Å². The van der Waals surface area contributed by atoms with Crippen molar-refractivity contribution in [1.29, 1.82) is 0 Å². The van der Waals surface area contributed by atoms with Crippen LogP contribution < -0.4 is 25.5 Å². The maximum absolute atomic E-state index is 15.2. The van der Waals surface area contributed by atoms with Gasteiger partial charge in [0.1, 0.15) is 20.0 Å². The molecule has 0 radical (unpaired) electrons. The molecular weight excluding hydrogens is 627 g/mol. The maximum atomic E-state index is 15.2. The Bertz CT molecular complexity index is 1810. The molecule has 4 aromatic rings. The van der Waals surface area contributed by atoms with E-state index in [2.05, 4.69) is 0 Å². The highest BCUT2D eigenvalue weighted by atomic mass is 35.5. The standard InChI is InChI=1S/C33H33ClF3N3O6/c1-2-44-30-13-22(12-26(34)31(30)45-19-21-6-4-3-5-7-21)18-39-32(42)25-14-29(46-24(16-35)17-36)27(37)15-28(25)40(33(39)43)23-8-10-38(20-41)11-9-23/h3-7,12-15,20,23-24H,2,8-11,16-19H2,1H3. The van der Waals surface area contributed by atoms with Gasteiger partial charge in [-0.15, -0.1) is 0 Å². The summed E-state index contributed by atoms with van der Waals surface area (Å²) in [5.41, 5.74) is -0.0808. The van der Waals surface area contributed by atoms with E-state index in [1.54, 1.807) is 24.0 Å². The van der Waals surface area contributed by atoms with Crippen LogP contribution in [0.4, 0.5) is 13.2 Å². The van der Waals surface area contributed by atoms with Crippen LogP contribution in [-0.4, -0.2) is 59.6 Å². The van der Waals surface area contributed by atoms with Gasteiger partial charge in [0.2, 0.25) is 6.41 Å². The van der Waals surface area contributed by atoms with Gasteiger partial charge in [-0.1, -0.05) is 41.9 Å². The van der Waals surface area contributed by atoms with Crippen LogP contribution in [0.2, 0.25) is 5.02 Å². The van der Waals surface area contributed by atoms with Crippen LogP contribution >= 0.6 is 11.6 Å². The number of nitrogens with zero attached hydrogens (tertiary/aromatic N) is 3. The third-order valence-corrected chi connectivity index (χ3v) is 8.09. The molecule has 46 heavy (non-hydrogen) atoms. The lowest BCUT2D eigenvalue weighted by molar-refractivity contribution is -0.119. The molecule has 3 aromatic carbocycles. The molecule has 1 aliphatic heterocycles. The lowest BCUT2D eigenvalue weighted by Gasteiger charge is -2.31. The summed E-state index contributed by atoms with van der Waals surface area (Å²) >= 11 is 6.64. The van der Waals surface area contributed by atoms with Crippen LogP contribution in [0.3, 0.4) is 0 Å². The van der Waals surface area contributed by atoms with Gasteiger partial charge in [0.25, 0.3) is 5.56 Å². The fourth-order valence-corrected chi connectivity index (χ4v) is 5.81. The molecule has 5 rings (SSSR count). The van der Waals surface area contributed by atoms with E-state index >= 15 is 4.39 Å². The number of hydrogen-bond donors (Lipinski definition) is 0. The average Bonchev–Trinajstić information content (AvgIpc) is 3.06. The van der Waals surface area contributed by atoms with Gasteiger partial charge < -0.3 is 19.1 Å². The predicted octanol–water partition coefficient (Wildman–Crippen LogP) is 5.46. The van der Waals surface area contributed by atoms with Gasteiger partial charge in [0.15, 0.2) is 29.2 Å². The van der Waals surface area contributed by atoms with E-state index in [9.17, 15) is 23.2 Å². The number of ether oxygens (including phenoxy) is 3. The minimum absolute atomic E-state index is 0.00963. The van der Waals surface area contributed by atoms with Gasteiger partial charge in [-0.05, 0) is 49.1 Å². The van der Waals surface area contributed by atoms with Crippen molar-refractivity contribution in [3.63, 3.8) is 0 Å². The zero-order chi connectivity index (χ0) is 32.8. The quantitative estimate of drug-likeness (QED) is 0.177. The molecule has 0 saturated carbocycles. The van der Waals surface area contributed by atoms with Crippen LogP contribution in [-0.2, 0) is 17.9 Å². The summed E-state index contributed by atoms with van der Waals surface area (Å²) in [5, 5.41) is 0.123. The molecule has 244 valence electrons. The summed E-state index contributed by atoms with van der Waals surface area (Å²) in [5.74, 6) is -0.875. The van der Waals surface area contributed by atoms with Crippen molar-refractivity contribution in [3.05, 3.63) is 97.4 Å². The Morgan fingerprint density at radius 2 is 1.70 bits per heavy atom. The molecule has 0 unspecified atom stereocenters. The summed E-state index contributed by atoms with van der Waals surface area (Å²) in [4.78, 5) is 40.8. The minimum atomic E-state index is -1.56. The van der Waals surface area contributed by atoms with Gasteiger partial charge in [-0.2, -0.15) is 0 Å². The van der Waals surface area contributed by atoms with Gasteiger partial charge in [-0.25, -0.2) is 18.0 Å². The molecule has 1 aromatic heterocycles. The Morgan fingerprint density at radius 1 is 0.978 bits per heavy atom. The van der Waals surface area contributed by atoms with Crippen LogP contribution in [0.5, 0.6) is 17.2 Å². The maximum Gasteiger partial charge on any atom is 0.332 e. The Balaban J connectivity index is 1.60. The molecular formula is C33H33ClF3N3O6. The highest BCUT2D eigenvalue weighted by molar-refractivity contribution is 6.32. The van der Waals surface area contributed by atoms with E-state index in [4.69, 9.17) is 25.8 Å². The summed E-state index contributed by atoms with van der Waals surface area (Å²) < 4.78 is 61.0. The largest absolute Gasteiger partial charge is 0.490 e. The summed E-state index contributed by atoms with van der Waals surface area (Å²) in [6, 6.07) is 14.2. The zero-order valence-corrected chi connectivity index (χ0v) is 25.9. The second-order valence-corrected chi connectivity index (χ2v) is 11.3. The molecule has 0 spiro atoms. The first-order valence-corrected chi connectivity index (χ1v) is 15.2. The minimum Gasteiger partial charge on any atom is -0.490 e. The number of aromatic nitrogens is 2. The fraction of sp³-hybridized carbons (Fsp3) is 0.364. The molecule has 0 aliphatic carbocycles.